The lowest BCUT2D eigenvalue weighted by Gasteiger charge is -2.10. The molecule has 6 rings (SSSR count). The van der Waals surface area contributed by atoms with E-state index in [0.29, 0.717) is 11.2 Å². The van der Waals surface area contributed by atoms with Crippen molar-refractivity contribution in [1.82, 2.24) is 14.8 Å². The summed E-state index contributed by atoms with van der Waals surface area (Å²) in [5, 5.41) is 8.83. The van der Waals surface area contributed by atoms with Crippen LogP contribution in [0.2, 0.25) is 0 Å². The summed E-state index contributed by atoms with van der Waals surface area (Å²) < 4.78 is 2.03. The van der Waals surface area contributed by atoms with Gasteiger partial charge in [-0.3, -0.25) is 9.20 Å². The number of hydrogen-bond donors (Lipinski definition) is 1. The summed E-state index contributed by atoms with van der Waals surface area (Å²) >= 11 is 0. The van der Waals surface area contributed by atoms with Crippen molar-refractivity contribution in [2.75, 3.05) is 0 Å². The number of fused-ring (bicyclic) bond motifs is 5. The molecule has 5 nitrogen and oxygen atoms in total. The van der Waals surface area contributed by atoms with E-state index in [1.165, 1.54) is 0 Å². The lowest BCUT2D eigenvalue weighted by molar-refractivity contribution is 0.0955. The number of rotatable bonds is 3. The Morgan fingerprint density at radius 3 is 2.26 bits per heavy atom. The number of pyridine rings is 1. The Balaban J connectivity index is 1.43. The van der Waals surface area contributed by atoms with Crippen molar-refractivity contribution >= 4 is 50.3 Å². The van der Waals surface area contributed by atoms with Crippen molar-refractivity contribution < 1.29 is 4.79 Å². The van der Waals surface area contributed by atoms with Crippen LogP contribution in [-0.2, 0) is 0 Å². The third-order valence-corrected chi connectivity index (χ3v) is 6.36. The topological polar surface area (TPSA) is 58.8 Å². The van der Waals surface area contributed by atoms with Crippen molar-refractivity contribution in [2.24, 2.45) is 5.10 Å². The fraction of sp³-hybridized carbons (Fsp3) is 0.0690. The van der Waals surface area contributed by atoms with E-state index in [-0.39, 0.29) is 5.91 Å². The van der Waals surface area contributed by atoms with Crippen LogP contribution in [-0.4, -0.2) is 21.5 Å². The molecular weight excluding hydrogens is 420 g/mol. The van der Waals surface area contributed by atoms with Gasteiger partial charge in [-0.05, 0) is 65.2 Å². The number of nitrogens with one attached hydrogen (secondary N) is 1. The highest BCUT2D eigenvalue weighted by molar-refractivity contribution is 6.13. The molecule has 2 heterocycles. The Labute approximate surface area is 196 Å². The second kappa shape index (κ2) is 7.81. The van der Waals surface area contributed by atoms with Gasteiger partial charge in [0.1, 0.15) is 0 Å². The molecule has 164 valence electrons. The van der Waals surface area contributed by atoms with Crippen LogP contribution in [0.5, 0.6) is 0 Å². The van der Waals surface area contributed by atoms with E-state index >= 15 is 0 Å². The minimum Gasteiger partial charge on any atom is -0.296 e. The van der Waals surface area contributed by atoms with Crippen LogP contribution in [0.25, 0.3) is 38.2 Å². The molecule has 1 N–H and O–H groups in total. The molecule has 0 atom stereocenters. The lowest BCUT2D eigenvalue weighted by Crippen LogP contribution is -2.20. The average Bonchev–Trinajstić information content (AvgIpc) is 3.23. The maximum Gasteiger partial charge on any atom is 0.275 e. The van der Waals surface area contributed by atoms with Crippen molar-refractivity contribution in [1.29, 1.82) is 0 Å². The fourth-order valence-corrected chi connectivity index (χ4v) is 4.86. The summed E-state index contributed by atoms with van der Waals surface area (Å²) in [6.45, 7) is 3.96. The predicted octanol–water partition coefficient (Wildman–Crippen LogP) is 6.17. The third-order valence-electron chi connectivity index (χ3n) is 6.36. The molecule has 0 bridgehead atoms. The maximum absolute atomic E-state index is 13.3. The number of aryl methyl sites for hydroxylation is 2. The summed E-state index contributed by atoms with van der Waals surface area (Å²) in [7, 11) is 0. The van der Waals surface area contributed by atoms with Gasteiger partial charge in [-0.1, -0.05) is 60.7 Å². The summed E-state index contributed by atoms with van der Waals surface area (Å²) in [5.41, 5.74) is 8.63. The van der Waals surface area contributed by atoms with Gasteiger partial charge < -0.3 is 0 Å². The second-order valence-corrected chi connectivity index (χ2v) is 8.53. The van der Waals surface area contributed by atoms with Crippen LogP contribution >= 0.6 is 0 Å². The number of carbonyl (C=O) groups is 1. The van der Waals surface area contributed by atoms with Gasteiger partial charge in [-0.2, -0.15) is 5.10 Å². The largest absolute Gasteiger partial charge is 0.296 e. The highest BCUT2D eigenvalue weighted by Crippen LogP contribution is 2.27. The second-order valence-electron chi connectivity index (χ2n) is 8.53. The Morgan fingerprint density at radius 2 is 1.53 bits per heavy atom. The number of amides is 1. The Hall–Kier alpha value is -4.51. The number of hydrazone groups is 1. The minimum absolute atomic E-state index is 0.279. The van der Waals surface area contributed by atoms with Gasteiger partial charge in [0.15, 0.2) is 5.65 Å². The predicted molar refractivity (Wildman–Crippen MR) is 139 cm³/mol. The van der Waals surface area contributed by atoms with Crippen molar-refractivity contribution in [2.45, 2.75) is 13.8 Å². The summed E-state index contributed by atoms with van der Waals surface area (Å²) in [6.07, 6.45) is 1.74. The Morgan fingerprint density at radius 1 is 0.882 bits per heavy atom. The first-order chi connectivity index (χ1) is 16.6. The molecule has 0 aliphatic heterocycles. The fourth-order valence-electron chi connectivity index (χ4n) is 4.86. The molecule has 0 aliphatic carbocycles. The summed E-state index contributed by atoms with van der Waals surface area (Å²) in [4.78, 5) is 18.1. The van der Waals surface area contributed by atoms with Crippen LogP contribution in [0.3, 0.4) is 0 Å². The molecule has 0 aliphatic rings. The highest BCUT2D eigenvalue weighted by atomic mass is 16.2. The van der Waals surface area contributed by atoms with Crippen molar-refractivity contribution in [3.05, 3.63) is 107 Å². The molecule has 4 aromatic carbocycles. The van der Waals surface area contributed by atoms with Crippen LogP contribution in [0, 0.1) is 13.8 Å². The molecule has 1 amide bonds. The monoisotopic (exact) mass is 442 g/mol. The molecular formula is C29H22N4O. The molecule has 0 fully saturated rings. The number of imidazole rings is 1. The quantitative estimate of drug-likeness (QED) is 0.202. The van der Waals surface area contributed by atoms with Crippen LogP contribution in [0.15, 0.2) is 90.0 Å². The van der Waals surface area contributed by atoms with Crippen LogP contribution < -0.4 is 5.43 Å². The first kappa shape index (κ1) is 20.1. The molecule has 0 saturated heterocycles. The smallest absolute Gasteiger partial charge is 0.275 e. The molecule has 6 aromatic rings. The Bertz CT molecular complexity index is 1720. The summed E-state index contributed by atoms with van der Waals surface area (Å²) in [5.74, 6) is -0.279. The van der Waals surface area contributed by atoms with Crippen LogP contribution in [0.1, 0.15) is 27.2 Å². The SMILES string of the molecule is Cc1cc(C)n2c(nc3ccccc32)c1C(=O)N/N=C/c1c2ccccc2cc2ccccc12. The molecule has 5 heteroatoms. The standard InChI is InChI=1S/C29H22N4O/c1-18-15-19(2)33-26-14-8-7-13-25(26)31-28(33)27(18)29(34)32-30-17-24-22-11-5-3-9-20(22)16-21-10-4-6-12-23(21)24/h3-17H,1-2H3,(H,32,34)/b30-17+. The van der Waals surface area contributed by atoms with E-state index in [0.717, 1.165) is 49.4 Å². The number of para-hydroxylation sites is 2. The number of benzene rings is 4. The molecule has 2 aromatic heterocycles. The van der Waals surface area contributed by atoms with E-state index < -0.39 is 0 Å². The molecule has 0 radical (unpaired) electrons. The number of aromatic nitrogens is 2. The zero-order valence-electron chi connectivity index (χ0n) is 18.9. The maximum atomic E-state index is 13.3. The van der Waals surface area contributed by atoms with Gasteiger partial charge in [0, 0.05) is 11.3 Å². The molecule has 0 unspecified atom stereocenters. The van der Waals surface area contributed by atoms with E-state index in [2.05, 4.69) is 40.9 Å². The summed E-state index contributed by atoms with van der Waals surface area (Å²) in [6, 6.07) is 28.5. The van der Waals surface area contributed by atoms with Crippen molar-refractivity contribution in [3.8, 4) is 0 Å². The minimum atomic E-state index is -0.279. The average molecular weight is 443 g/mol. The van der Waals surface area contributed by atoms with Gasteiger partial charge in [0.05, 0.1) is 22.8 Å². The first-order valence-corrected chi connectivity index (χ1v) is 11.2. The number of carbonyl (C=O) groups excluding carboxylic acids is 1. The van der Waals surface area contributed by atoms with Gasteiger partial charge >= 0.3 is 0 Å². The van der Waals surface area contributed by atoms with E-state index in [4.69, 9.17) is 4.98 Å². The van der Waals surface area contributed by atoms with E-state index in [9.17, 15) is 4.79 Å². The number of nitrogens with zero attached hydrogens (tertiary/aromatic N) is 3. The molecule has 0 spiro atoms. The van der Waals surface area contributed by atoms with Gasteiger partial charge in [0.25, 0.3) is 5.91 Å². The number of hydrogen-bond acceptors (Lipinski definition) is 3. The van der Waals surface area contributed by atoms with Crippen molar-refractivity contribution in [3.63, 3.8) is 0 Å². The molecule has 0 saturated carbocycles. The third kappa shape index (κ3) is 3.13. The van der Waals surface area contributed by atoms with Crippen LogP contribution in [0.4, 0.5) is 0 Å². The van der Waals surface area contributed by atoms with E-state index in [1.807, 2.05) is 72.8 Å². The van der Waals surface area contributed by atoms with Gasteiger partial charge in [0.2, 0.25) is 0 Å². The normalized spacial score (nSPS) is 11.8. The zero-order valence-corrected chi connectivity index (χ0v) is 18.9. The first-order valence-electron chi connectivity index (χ1n) is 11.2. The lowest BCUT2D eigenvalue weighted by atomic mass is 9.97. The van der Waals surface area contributed by atoms with E-state index in [1.54, 1.807) is 6.21 Å². The highest BCUT2D eigenvalue weighted by Gasteiger charge is 2.18. The van der Waals surface area contributed by atoms with Gasteiger partial charge in [-0.25, -0.2) is 10.4 Å². The van der Waals surface area contributed by atoms with Gasteiger partial charge in [-0.15, -0.1) is 0 Å². The molecule has 34 heavy (non-hydrogen) atoms. The zero-order chi connectivity index (χ0) is 23.2. The Kier molecular flexibility index (Phi) is 4.62.